The molecule has 4 nitrogen and oxygen atoms in total. The molecule has 1 aromatic carbocycles. The molecule has 0 atom stereocenters. The molecule has 6 heteroatoms. The van der Waals surface area contributed by atoms with Gasteiger partial charge in [0.15, 0.2) is 0 Å². The van der Waals surface area contributed by atoms with Crippen molar-refractivity contribution < 1.29 is 4.79 Å². The number of carbonyl (C=O) groups is 1. The number of fused-ring (bicyclic) bond motifs is 1. The Morgan fingerprint density at radius 3 is 2.95 bits per heavy atom. The fourth-order valence-corrected chi connectivity index (χ4v) is 2.80. The van der Waals surface area contributed by atoms with Crippen LogP contribution in [0.2, 0.25) is 5.15 Å². The van der Waals surface area contributed by atoms with Crippen molar-refractivity contribution in [3.05, 3.63) is 47.2 Å². The molecule has 94 valence electrons. The van der Waals surface area contributed by atoms with E-state index in [0.717, 1.165) is 20.8 Å². The average Bonchev–Trinajstić information content (AvgIpc) is 2.81. The highest BCUT2D eigenvalue weighted by atomic mass is 35.5. The summed E-state index contributed by atoms with van der Waals surface area (Å²) in [5.41, 5.74) is 7.39. The van der Waals surface area contributed by atoms with Gasteiger partial charge >= 0.3 is 0 Å². The van der Waals surface area contributed by atoms with Crippen LogP contribution in [0.15, 0.2) is 36.5 Å². The molecule has 2 N–H and O–H groups in total. The molecular formula is C13H8ClN3OS. The molecule has 0 unspecified atom stereocenters. The second kappa shape index (κ2) is 4.60. The van der Waals surface area contributed by atoms with Crippen LogP contribution in [0.4, 0.5) is 0 Å². The zero-order chi connectivity index (χ0) is 13.4. The first-order valence-electron chi connectivity index (χ1n) is 5.46. The zero-order valence-corrected chi connectivity index (χ0v) is 11.2. The Balaban J connectivity index is 2.13. The van der Waals surface area contributed by atoms with E-state index in [-0.39, 0.29) is 0 Å². The van der Waals surface area contributed by atoms with Crippen LogP contribution < -0.4 is 5.73 Å². The standard InChI is InChI=1S/C13H8ClN3OS/c14-11-5-9-10(6-16-11)19-13(17-9)8-3-1-2-7(4-8)12(15)18/h1-6H,(H2,15,18). The summed E-state index contributed by atoms with van der Waals surface area (Å²) in [6, 6.07) is 8.80. The minimum absolute atomic E-state index is 0.412. The molecule has 19 heavy (non-hydrogen) atoms. The minimum atomic E-state index is -0.451. The van der Waals surface area contributed by atoms with E-state index >= 15 is 0 Å². The van der Waals surface area contributed by atoms with E-state index in [4.69, 9.17) is 17.3 Å². The Kier molecular flexibility index (Phi) is 2.93. The van der Waals surface area contributed by atoms with Gasteiger partial charge in [0.25, 0.3) is 0 Å². The molecule has 0 aliphatic rings. The summed E-state index contributed by atoms with van der Waals surface area (Å²) in [5.74, 6) is -0.451. The Morgan fingerprint density at radius 1 is 1.32 bits per heavy atom. The van der Waals surface area contributed by atoms with Crippen molar-refractivity contribution in [1.29, 1.82) is 0 Å². The van der Waals surface area contributed by atoms with Gasteiger partial charge in [0.1, 0.15) is 10.2 Å². The van der Waals surface area contributed by atoms with Gasteiger partial charge < -0.3 is 5.73 Å². The van der Waals surface area contributed by atoms with E-state index < -0.39 is 5.91 Å². The smallest absolute Gasteiger partial charge is 0.248 e. The van der Waals surface area contributed by atoms with Crippen molar-refractivity contribution in [3.8, 4) is 10.6 Å². The summed E-state index contributed by atoms with van der Waals surface area (Å²) in [4.78, 5) is 19.7. The van der Waals surface area contributed by atoms with Gasteiger partial charge in [-0.25, -0.2) is 9.97 Å². The first-order valence-corrected chi connectivity index (χ1v) is 6.65. The lowest BCUT2D eigenvalue weighted by molar-refractivity contribution is 0.100. The van der Waals surface area contributed by atoms with Gasteiger partial charge in [0.2, 0.25) is 5.91 Å². The number of hydrogen-bond donors (Lipinski definition) is 1. The fraction of sp³-hybridized carbons (Fsp3) is 0. The molecule has 3 rings (SSSR count). The van der Waals surface area contributed by atoms with Gasteiger partial charge in [-0.2, -0.15) is 0 Å². The lowest BCUT2D eigenvalue weighted by Gasteiger charge is -1.98. The van der Waals surface area contributed by atoms with Crippen molar-refractivity contribution in [2.45, 2.75) is 0 Å². The number of rotatable bonds is 2. The molecule has 2 heterocycles. The highest BCUT2D eigenvalue weighted by Crippen LogP contribution is 2.30. The van der Waals surface area contributed by atoms with Crippen LogP contribution >= 0.6 is 22.9 Å². The van der Waals surface area contributed by atoms with Gasteiger partial charge in [0.05, 0.1) is 10.2 Å². The van der Waals surface area contributed by atoms with E-state index in [9.17, 15) is 4.79 Å². The maximum absolute atomic E-state index is 11.2. The lowest BCUT2D eigenvalue weighted by atomic mass is 10.1. The van der Waals surface area contributed by atoms with E-state index in [2.05, 4.69) is 9.97 Å². The zero-order valence-electron chi connectivity index (χ0n) is 9.63. The van der Waals surface area contributed by atoms with Crippen LogP contribution in [0, 0.1) is 0 Å². The minimum Gasteiger partial charge on any atom is -0.366 e. The molecule has 0 saturated heterocycles. The van der Waals surface area contributed by atoms with Crippen LogP contribution in [-0.2, 0) is 0 Å². The summed E-state index contributed by atoms with van der Waals surface area (Å²) >= 11 is 7.33. The van der Waals surface area contributed by atoms with E-state index in [0.29, 0.717) is 10.7 Å². The van der Waals surface area contributed by atoms with Crippen molar-refractivity contribution >= 4 is 39.1 Å². The Bertz CT molecular complexity index is 784. The molecule has 0 aliphatic carbocycles. The van der Waals surface area contributed by atoms with Crippen LogP contribution in [-0.4, -0.2) is 15.9 Å². The first kappa shape index (κ1) is 12.1. The molecule has 0 saturated carbocycles. The number of amides is 1. The number of hydrogen-bond acceptors (Lipinski definition) is 4. The van der Waals surface area contributed by atoms with E-state index in [1.54, 1.807) is 30.5 Å². The summed E-state index contributed by atoms with van der Waals surface area (Å²) < 4.78 is 0.948. The maximum Gasteiger partial charge on any atom is 0.248 e. The third kappa shape index (κ3) is 2.30. The van der Waals surface area contributed by atoms with Crippen LogP contribution in [0.5, 0.6) is 0 Å². The number of aromatic nitrogens is 2. The molecule has 0 bridgehead atoms. The fourth-order valence-electron chi connectivity index (χ4n) is 1.74. The Labute approximate surface area is 117 Å². The Hall–Kier alpha value is -1.98. The second-order valence-corrected chi connectivity index (χ2v) is 5.36. The molecule has 3 aromatic rings. The van der Waals surface area contributed by atoms with Gasteiger partial charge in [-0.3, -0.25) is 4.79 Å². The van der Waals surface area contributed by atoms with Crippen molar-refractivity contribution in [3.63, 3.8) is 0 Å². The summed E-state index contributed by atoms with van der Waals surface area (Å²) in [7, 11) is 0. The largest absolute Gasteiger partial charge is 0.366 e. The topological polar surface area (TPSA) is 68.9 Å². The Morgan fingerprint density at radius 2 is 2.16 bits per heavy atom. The molecule has 0 spiro atoms. The molecule has 0 fully saturated rings. The van der Waals surface area contributed by atoms with Gasteiger partial charge in [0, 0.05) is 23.4 Å². The molecular weight excluding hydrogens is 282 g/mol. The van der Waals surface area contributed by atoms with E-state index in [1.165, 1.54) is 11.3 Å². The number of nitrogens with zero attached hydrogens (tertiary/aromatic N) is 2. The number of thiazole rings is 1. The van der Waals surface area contributed by atoms with Crippen LogP contribution in [0.1, 0.15) is 10.4 Å². The second-order valence-electron chi connectivity index (χ2n) is 3.94. The number of carbonyl (C=O) groups excluding carboxylic acids is 1. The van der Waals surface area contributed by atoms with Crippen molar-refractivity contribution in [1.82, 2.24) is 9.97 Å². The third-order valence-electron chi connectivity index (χ3n) is 2.64. The summed E-state index contributed by atoms with van der Waals surface area (Å²) in [6.07, 6.45) is 1.69. The van der Waals surface area contributed by atoms with E-state index in [1.807, 2.05) is 6.07 Å². The van der Waals surface area contributed by atoms with Crippen LogP contribution in [0.25, 0.3) is 20.8 Å². The van der Waals surface area contributed by atoms with Crippen LogP contribution in [0.3, 0.4) is 0 Å². The summed E-state index contributed by atoms with van der Waals surface area (Å²) in [5, 5.41) is 1.22. The summed E-state index contributed by atoms with van der Waals surface area (Å²) in [6.45, 7) is 0. The molecule has 0 aliphatic heterocycles. The lowest BCUT2D eigenvalue weighted by Crippen LogP contribution is -2.10. The van der Waals surface area contributed by atoms with Crippen molar-refractivity contribution in [2.24, 2.45) is 5.73 Å². The number of halogens is 1. The van der Waals surface area contributed by atoms with Gasteiger partial charge in [-0.05, 0) is 12.1 Å². The normalized spacial score (nSPS) is 10.8. The average molecular weight is 290 g/mol. The molecule has 1 amide bonds. The SMILES string of the molecule is NC(=O)c1cccc(-c2nc3cc(Cl)ncc3s2)c1. The maximum atomic E-state index is 11.2. The van der Waals surface area contributed by atoms with Crippen molar-refractivity contribution in [2.75, 3.05) is 0 Å². The highest BCUT2D eigenvalue weighted by Gasteiger charge is 2.09. The number of nitrogens with two attached hydrogens (primary N) is 1. The van der Waals surface area contributed by atoms with Gasteiger partial charge in [-0.1, -0.05) is 23.7 Å². The first-order chi connectivity index (χ1) is 9.13. The quantitative estimate of drug-likeness (QED) is 0.737. The highest BCUT2D eigenvalue weighted by molar-refractivity contribution is 7.21. The number of pyridine rings is 1. The molecule has 0 radical (unpaired) electrons. The van der Waals surface area contributed by atoms with Gasteiger partial charge in [-0.15, -0.1) is 11.3 Å². The number of primary amides is 1. The molecule has 2 aromatic heterocycles. The predicted octanol–water partition coefficient (Wildman–Crippen LogP) is 3.11. The monoisotopic (exact) mass is 289 g/mol. The number of benzene rings is 1. The predicted molar refractivity (Wildman–Crippen MR) is 76.4 cm³/mol. The third-order valence-corrected chi connectivity index (χ3v) is 3.90.